The summed E-state index contributed by atoms with van der Waals surface area (Å²) in [7, 11) is 0. The first-order valence-corrected chi connectivity index (χ1v) is 6.11. The maximum atomic E-state index is 10.7. The predicted octanol–water partition coefficient (Wildman–Crippen LogP) is 0.756. The van der Waals surface area contributed by atoms with Crippen LogP contribution in [0.25, 0.3) is 11.4 Å². The maximum Gasteiger partial charge on any atom is 0.195 e. The fraction of sp³-hybridized carbons (Fsp3) is 0.250. The number of H-pyrrole nitrogens is 1. The van der Waals surface area contributed by atoms with E-state index in [4.69, 9.17) is 17.0 Å². The van der Waals surface area contributed by atoms with Gasteiger partial charge in [-0.05, 0) is 43.4 Å². The van der Waals surface area contributed by atoms with Crippen LogP contribution in [0, 0.1) is 4.77 Å². The highest BCUT2D eigenvalue weighted by Crippen LogP contribution is 2.20. The lowest BCUT2D eigenvalue weighted by Gasteiger charge is -2.08. The van der Waals surface area contributed by atoms with Gasteiger partial charge in [0.15, 0.2) is 10.6 Å². The van der Waals surface area contributed by atoms with E-state index in [1.54, 1.807) is 24.3 Å². The van der Waals surface area contributed by atoms with Gasteiger partial charge < -0.3 is 14.6 Å². The summed E-state index contributed by atoms with van der Waals surface area (Å²) in [5.74, 6) is -0.0197. The van der Waals surface area contributed by atoms with Gasteiger partial charge in [0.25, 0.3) is 0 Å². The van der Waals surface area contributed by atoms with E-state index in [0.717, 1.165) is 11.3 Å². The van der Waals surface area contributed by atoms with Gasteiger partial charge in [-0.2, -0.15) is 5.10 Å². The Morgan fingerprint density at radius 2 is 2.16 bits per heavy atom. The summed E-state index contributed by atoms with van der Waals surface area (Å²) in [6.45, 7) is 2.15. The van der Waals surface area contributed by atoms with Crippen LogP contribution in [0.1, 0.15) is 6.92 Å². The molecule has 0 fully saturated rings. The third-order valence-corrected chi connectivity index (χ3v) is 2.78. The minimum atomic E-state index is -1.22. The molecule has 19 heavy (non-hydrogen) atoms. The number of carbonyl (C=O) groups is 1. The Hall–Kier alpha value is -2.15. The van der Waals surface area contributed by atoms with Gasteiger partial charge in [0.1, 0.15) is 5.75 Å². The van der Waals surface area contributed by atoms with Crippen molar-refractivity contribution in [3.63, 3.8) is 0 Å². The number of ether oxygens (including phenoxy) is 1. The van der Waals surface area contributed by atoms with Crippen LogP contribution < -0.4 is 9.84 Å². The van der Waals surface area contributed by atoms with E-state index < -0.39 is 5.97 Å². The minimum Gasteiger partial charge on any atom is -0.548 e. The molecule has 2 aromatic rings. The molecule has 0 unspecified atom stereocenters. The lowest BCUT2D eigenvalue weighted by molar-refractivity contribution is -0.306. The van der Waals surface area contributed by atoms with Crippen molar-refractivity contribution in [1.29, 1.82) is 0 Å². The lowest BCUT2D eigenvalue weighted by atomic mass is 10.2. The highest BCUT2D eigenvalue weighted by Gasteiger charge is 2.09. The summed E-state index contributed by atoms with van der Waals surface area (Å²) in [5.41, 5.74) is 0.747. The van der Waals surface area contributed by atoms with Gasteiger partial charge >= 0.3 is 0 Å². The van der Waals surface area contributed by atoms with Crippen LogP contribution in [0.5, 0.6) is 5.75 Å². The summed E-state index contributed by atoms with van der Waals surface area (Å²) in [6, 6.07) is 7.17. The Morgan fingerprint density at radius 1 is 1.47 bits per heavy atom. The number of carbonyl (C=O) groups excluding carboxylic acids is 1. The molecule has 0 aliphatic heterocycles. The smallest absolute Gasteiger partial charge is 0.195 e. The maximum absolute atomic E-state index is 10.7. The number of carboxylic acid groups (broad SMARTS) is 1. The molecule has 2 rings (SSSR count). The molecule has 1 heterocycles. The molecule has 1 N–H and O–H groups in total. The summed E-state index contributed by atoms with van der Waals surface area (Å²) in [5, 5.41) is 17.3. The molecule has 6 nitrogen and oxygen atoms in total. The van der Waals surface area contributed by atoms with Crippen LogP contribution in [0.3, 0.4) is 0 Å². The average Bonchev–Trinajstić information content (AvgIpc) is 2.72. The average molecular weight is 278 g/mol. The van der Waals surface area contributed by atoms with Crippen molar-refractivity contribution >= 4 is 18.2 Å². The van der Waals surface area contributed by atoms with E-state index in [1.165, 1.54) is 4.57 Å². The second-order valence-electron chi connectivity index (χ2n) is 3.77. The Labute approximate surface area is 114 Å². The van der Waals surface area contributed by atoms with Crippen LogP contribution in [0.4, 0.5) is 0 Å². The quantitative estimate of drug-likeness (QED) is 0.816. The van der Waals surface area contributed by atoms with Crippen LogP contribution in [0.15, 0.2) is 24.3 Å². The van der Waals surface area contributed by atoms with Gasteiger partial charge in [-0.15, -0.1) is 0 Å². The predicted molar refractivity (Wildman–Crippen MR) is 69.0 cm³/mol. The molecule has 1 aromatic heterocycles. The number of benzene rings is 1. The van der Waals surface area contributed by atoms with Crippen molar-refractivity contribution in [2.24, 2.45) is 0 Å². The summed E-state index contributed by atoms with van der Waals surface area (Å²) >= 11 is 4.99. The molecule has 0 spiro atoms. The molecule has 0 amide bonds. The van der Waals surface area contributed by atoms with Crippen LogP contribution in [0.2, 0.25) is 0 Å². The molecule has 7 heteroatoms. The van der Waals surface area contributed by atoms with Gasteiger partial charge in [0.05, 0.1) is 19.1 Å². The first kappa shape index (κ1) is 13.3. The molecule has 0 saturated carbocycles. The van der Waals surface area contributed by atoms with Crippen LogP contribution >= 0.6 is 12.2 Å². The topological polar surface area (TPSA) is 83.0 Å². The Balaban J connectivity index is 2.36. The normalized spacial score (nSPS) is 10.4. The number of aromatic nitrogens is 3. The number of nitrogens with zero attached hydrogens (tertiary/aromatic N) is 2. The van der Waals surface area contributed by atoms with Crippen LogP contribution in [-0.4, -0.2) is 27.3 Å². The molecular formula is C12H12N3O3S-. The number of aromatic amines is 1. The Morgan fingerprint density at radius 3 is 2.74 bits per heavy atom. The SMILES string of the molecule is CCOc1ccc(-c2n[nH]c(=S)n2CC(=O)[O-])cc1. The monoisotopic (exact) mass is 278 g/mol. The minimum absolute atomic E-state index is 0.244. The molecule has 0 radical (unpaired) electrons. The van der Waals surface area contributed by atoms with Gasteiger partial charge in [-0.1, -0.05) is 0 Å². The van der Waals surface area contributed by atoms with Crippen molar-refractivity contribution < 1.29 is 14.6 Å². The molecule has 0 aliphatic rings. The fourth-order valence-corrected chi connectivity index (χ4v) is 1.88. The Kier molecular flexibility index (Phi) is 3.96. The van der Waals surface area contributed by atoms with E-state index in [0.29, 0.717) is 12.4 Å². The van der Waals surface area contributed by atoms with E-state index in [1.807, 2.05) is 6.92 Å². The van der Waals surface area contributed by atoms with Crippen molar-refractivity contribution in [3.05, 3.63) is 29.0 Å². The number of rotatable bonds is 5. The number of aliphatic carboxylic acids is 1. The zero-order valence-electron chi connectivity index (χ0n) is 10.3. The zero-order chi connectivity index (χ0) is 13.8. The third kappa shape index (κ3) is 3.00. The first-order chi connectivity index (χ1) is 9.11. The second kappa shape index (κ2) is 5.66. The molecule has 0 atom stereocenters. The number of hydrogen-bond donors (Lipinski definition) is 1. The van der Waals surface area contributed by atoms with Crippen molar-refractivity contribution in [3.8, 4) is 17.1 Å². The van der Waals surface area contributed by atoms with Gasteiger partial charge in [-0.25, -0.2) is 0 Å². The van der Waals surface area contributed by atoms with Crippen molar-refractivity contribution in [1.82, 2.24) is 14.8 Å². The fourth-order valence-electron chi connectivity index (χ4n) is 1.68. The molecule has 0 saturated heterocycles. The van der Waals surface area contributed by atoms with Gasteiger partial charge in [0.2, 0.25) is 0 Å². The molecular weight excluding hydrogens is 266 g/mol. The van der Waals surface area contributed by atoms with E-state index in [-0.39, 0.29) is 11.3 Å². The van der Waals surface area contributed by atoms with Crippen molar-refractivity contribution in [2.75, 3.05) is 6.61 Å². The number of hydrogen-bond acceptors (Lipinski definition) is 5. The van der Waals surface area contributed by atoms with Gasteiger partial charge in [0, 0.05) is 5.56 Å². The standard InChI is InChI=1S/C12H13N3O3S/c1-2-18-9-5-3-8(4-6-9)11-13-14-12(19)15(11)7-10(16)17/h3-6H,2,7H2,1H3,(H,14,19)(H,16,17)/p-1. The first-order valence-electron chi connectivity index (χ1n) is 5.70. The highest BCUT2D eigenvalue weighted by atomic mass is 32.1. The lowest BCUT2D eigenvalue weighted by Crippen LogP contribution is -2.27. The zero-order valence-corrected chi connectivity index (χ0v) is 11.1. The van der Waals surface area contributed by atoms with E-state index >= 15 is 0 Å². The van der Waals surface area contributed by atoms with Crippen molar-refractivity contribution in [2.45, 2.75) is 13.5 Å². The molecule has 1 aromatic carbocycles. The van der Waals surface area contributed by atoms with Crippen LogP contribution in [-0.2, 0) is 11.3 Å². The number of nitrogens with one attached hydrogen (secondary N) is 1. The molecule has 100 valence electrons. The highest BCUT2D eigenvalue weighted by molar-refractivity contribution is 7.71. The molecule has 0 aliphatic carbocycles. The number of carboxylic acids is 1. The Bertz CT molecular complexity index is 630. The van der Waals surface area contributed by atoms with Gasteiger partial charge in [-0.3, -0.25) is 9.67 Å². The summed E-state index contributed by atoms with van der Waals surface area (Å²) in [4.78, 5) is 10.7. The van der Waals surface area contributed by atoms with E-state index in [9.17, 15) is 9.90 Å². The third-order valence-electron chi connectivity index (χ3n) is 2.47. The molecule has 0 bridgehead atoms. The second-order valence-corrected chi connectivity index (χ2v) is 4.15. The van der Waals surface area contributed by atoms with E-state index in [2.05, 4.69) is 10.2 Å². The largest absolute Gasteiger partial charge is 0.548 e. The summed E-state index contributed by atoms with van der Waals surface area (Å²) in [6.07, 6.45) is 0. The summed E-state index contributed by atoms with van der Waals surface area (Å²) < 4.78 is 6.96.